The molecule has 6 heteroatoms. The summed E-state index contributed by atoms with van der Waals surface area (Å²) in [6, 6.07) is 21.6. The van der Waals surface area contributed by atoms with Crippen molar-refractivity contribution in [1.82, 2.24) is 10.9 Å². The van der Waals surface area contributed by atoms with E-state index in [1.54, 1.807) is 0 Å². The molecule has 0 atom stereocenters. The van der Waals surface area contributed by atoms with Gasteiger partial charge in [-0.3, -0.25) is 20.4 Å². The molecule has 0 fully saturated rings. The van der Waals surface area contributed by atoms with Crippen LogP contribution < -0.4 is 20.5 Å². The number of hydrazine groups is 1. The maximum Gasteiger partial charge on any atom is 0.276 e. The summed E-state index contributed by atoms with van der Waals surface area (Å²) in [5, 5.41) is 1.98. The van der Waals surface area contributed by atoms with E-state index in [1.807, 2.05) is 65.6 Å². The van der Waals surface area contributed by atoms with Crippen molar-refractivity contribution in [1.29, 1.82) is 0 Å². The van der Waals surface area contributed by atoms with Crippen molar-refractivity contribution in [2.75, 3.05) is 24.6 Å². The van der Waals surface area contributed by atoms with Gasteiger partial charge in [0.15, 0.2) is 6.61 Å². The molecule has 6 nitrogen and oxygen atoms in total. The molecule has 148 valence electrons. The molecule has 0 spiro atoms. The first kappa shape index (κ1) is 18.8. The smallest absolute Gasteiger partial charge is 0.276 e. The fraction of sp³-hybridized carbons (Fsp3) is 0.217. The molecule has 0 bridgehead atoms. The zero-order valence-corrected chi connectivity index (χ0v) is 16.1. The molecule has 1 aliphatic rings. The lowest BCUT2D eigenvalue weighted by Crippen LogP contribution is -2.48. The Morgan fingerprint density at radius 3 is 2.59 bits per heavy atom. The van der Waals surface area contributed by atoms with E-state index in [0.29, 0.717) is 5.75 Å². The van der Waals surface area contributed by atoms with Gasteiger partial charge < -0.3 is 9.64 Å². The average Bonchev–Trinajstić information content (AvgIpc) is 2.76. The fourth-order valence-corrected chi connectivity index (χ4v) is 3.63. The molecule has 0 saturated heterocycles. The van der Waals surface area contributed by atoms with Gasteiger partial charge in [-0.05, 0) is 35.9 Å². The first-order chi connectivity index (χ1) is 14.2. The molecular formula is C23H23N3O3. The Labute approximate surface area is 169 Å². The van der Waals surface area contributed by atoms with E-state index in [0.717, 1.165) is 35.8 Å². The maximum atomic E-state index is 12.3. The van der Waals surface area contributed by atoms with Gasteiger partial charge in [0.1, 0.15) is 5.75 Å². The lowest BCUT2D eigenvalue weighted by Gasteiger charge is -2.30. The van der Waals surface area contributed by atoms with Gasteiger partial charge in [0.2, 0.25) is 0 Å². The Hall–Kier alpha value is -3.54. The summed E-state index contributed by atoms with van der Waals surface area (Å²) in [5.41, 5.74) is 7.23. The zero-order valence-electron chi connectivity index (χ0n) is 16.1. The zero-order chi connectivity index (χ0) is 20.1. The molecule has 2 amide bonds. The van der Waals surface area contributed by atoms with Gasteiger partial charge >= 0.3 is 0 Å². The summed E-state index contributed by atoms with van der Waals surface area (Å²) in [4.78, 5) is 26.4. The van der Waals surface area contributed by atoms with Gasteiger partial charge in [-0.15, -0.1) is 0 Å². The predicted molar refractivity (Wildman–Crippen MR) is 113 cm³/mol. The molecule has 4 rings (SSSR count). The molecule has 2 N–H and O–H groups in total. The number of benzene rings is 3. The maximum absolute atomic E-state index is 12.3. The normalized spacial score (nSPS) is 12.9. The summed E-state index contributed by atoms with van der Waals surface area (Å²) in [6.07, 6.45) is 2.03. The topological polar surface area (TPSA) is 70.7 Å². The summed E-state index contributed by atoms with van der Waals surface area (Å²) in [5.74, 6) is -0.0416. The van der Waals surface area contributed by atoms with E-state index in [-0.39, 0.29) is 19.1 Å². The quantitative estimate of drug-likeness (QED) is 0.659. The first-order valence-corrected chi connectivity index (χ1v) is 9.72. The van der Waals surface area contributed by atoms with Crippen molar-refractivity contribution in [2.24, 2.45) is 0 Å². The Morgan fingerprint density at radius 1 is 0.897 bits per heavy atom. The molecule has 0 saturated carbocycles. The molecule has 0 aromatic heterocycles. The molecule has 1 aliphatic heterocycles. The van der Waals surface area contributed by atoms with Crippen LogP contribution in [-0.2, 0) is 16.0 Å². The lowest BCUT2D eigenvalue weighted by atomic mass is 10.0. The van der Waals surface area contributed by atoms with Gasteiger partial charge in [-0.1, -0.05) is 54.6 Å². The number of nitrogens with one attached hydrogen (secondary N) is 2. The van der Waals surface area contributed by atoms with E-state index >= 15 is 0 Å². The Balaban J connectivity index is 1.27. The van der Waals surface area contributed by atoms with Crippen molar-refractivity contribution < 1.29 is 14.3 Å². The summed E-state index contributed by atoms with van der Waals surface area (Å²) < 4.78 is 5.64. The van der Waals surface area contributed by atoms with Crippen LogP contribution in [-0.4, -0.2) is 31.5 Å². The van der Waals surface area contributed by atoms with E-state index in [9.17, 15) is 9.59 Å². The number of hydrogen-bond donors (Lipinski definition) is 2. The van der Waals surface area contributed by atoms with Crippen LogP contribution in [0, 0.1) is 0 Å². The SMILES string of the molecule is O=C(COc1cccc2ccccc12)NNC(=O)CN1CCCc2ccccc21. The van der Waals surface area contributed by atoms with E-state index in [1.165, 1.54) is 5.56 Å². The van der Waals surface area contributed by atoms with Crippen molar-refractivity contribution >= 4 is 28.3 Å². The number of amides is 2. The third-order valence-corrected chi connectivity index (χ3v) is 4.99. The van der Waals surface area contributed by atoms with Crippen LogP contribution in [0.3, 0.4) is 0 Å². The van der Waals surface area contributed by atoms with Crippen molar-refractivity contribution in [2.45, 2.75) is 12.8 Å². The molecule has 0 unspecified atom stereocenters. The summed E-state index contributed by atoms with van der Waals surface area (Å²) in [6.45, 7) is 0.838. The van der Waals surface area contributed by atoms with Gasteiger partial charge in [0, 0.05) is 17.6 Å². The average molecular weight is 389 g/mol. The van der Waals surface area contributed by atoms with E-state index in [2.05, 4.69) is 16.9 Å². The van der Waals surface area contributed by atoms with Gasteiger partial charge in [0.05, 0.1) is 6.54 Å². The highest BCUT2D eigenvalue weighted by Crippen LogP contribution is 2.26. The number of nitrogens with zero attached hydrogens (tertiary/aromatic N) is 1. The van der Waals surface area contributed by atoms with Gasteiger partial charge in [-0.25, -0.2) is 0 Å². The molecule has 0 aliphatic carbocycles. The molecule has 1 heterocycles. The number of anilines is 1. The minimum absolute atomic E-state index is 0.180. The standard InChI is InChI=1S/C23H23N3O3/c27-22(15-26-14-6-10-18-8-2-4-12-20(18)26)24-25-23(28)16-29-21-13-5-9-17-7-1-3-11-19(17)21/h1-5,7-9,11-13H,6,10,14-16H2,(H,24,27)(H,25,28). The number of fused-ring (bicyclic) bond motifs is 2. The molecule has 0 radical (unpaired) electrons. The van der Waals surface area contributed by atoms with E-state index in [4.69, 9.17) is 4.74 Å². The van der Waals surface area contributed by atoms with Crippen molar-refractivity contribution in [3.8, 4) is 5.75 Å². The van der Waals surface area contributed by atoms with Crippen LogP contribution in [0.1, 0.15) is 12.0 Å². The molecule has 3 aromatic carbocycles. The van der Waals surface area contributed by atoms with Crippen LogP contribution in [0.5, 0.6) is 5.75 Å². The largest absolute Gasteiger partial charge is 0.483 e. The van der Waals surface area contributed by atoms with Crippen LogP contribution in [0.25, 0.3) is 10.8 Å². The number of rotatable bonds is 5. The predicted octanol–water partition coefficient (Wildman–Crippen LogP) is 2.82. The number of hydrogen-bond acceptors (Lipinski definition) is 4. The number of carbonyl (C=O) groups excluding carboxylic acids is 2. The van der Waals surface area contributed by atoms with E-state index < -0.39 is 5.91 Å². The van der Waals surface area contributed by atoms with Crippen molar-refractivity contribution in [3.05, 3.63) is 72.3 Å². The van der Waals surface area contributed by atoms with Crippen molar-refractivity contribution in [3.63, 3.8) is 0 Å². The van der Waals surface area contributed by atoms with Crippen LogP contribution >= 0.6 is 0 Å². The summed E-state index contributed by atoms with van der Waals surface area (Å²) in [7, 11) is 0. The van der Waals surface area contributed by atoms with Gasteiger partial charge in [0.25, 0.3) is 11.8 Å². The second-order valence-corrected chi connectivity index (χ2v) is 7.02. The minimum Gasteiger partial charge on any atom is -0.483 e. The summed E-state index contributed by atoms with van der Waals surface area (Å²) >= 11 is 0. The second-order valence-electron chi connectivity index (χ2n) is 7.02. The second kappa shape index (κ2) is 8.65. The third-order valence-electron chi connectivity index (χ3n) is 4.99. The minimum atomic E-state index is -0.412. The molecule has 29 heavy (non-hydrogen) atoms. The van der Waals surface area contributed by atoms with Crippen LogP contribution in [0.2, 0.25) is 0 Å². The number of para-hydroxylation sites is 1. The monoisotopic (exact) mass is 389 g/mol. The number of aryl methyl sites for hydroxylation is 1. The number of carbonyl (C=O) groups is 2. The highest BCUT2D eigenvalue weighted by atomic mass is 16.5. The molecular weight excluding hydrogens is 366 g/mol. The number of ether oxygens (including phenoxy) is 1. The van der Waals surface area contributed by atoms with Crippen LogP contribution in [0.15, 0.2) is 66.7 Å². The lowest BCUT2D eigenvalue weighted by molar-refractivity contribution is -0.129. The molecule has 3 aromatic rings. The third kappa shape index (κ3) is 4.48. The highest BCUT2D eigenvalue weighted by molar-refractivity contribution is 5.89. The first-order valence-electron chi connectivity index (χ1n) is 9.72. The van der Waals surface area contributed by atoms with Gasteiger partial charge in [-0.2, -0.15) is 0 Å². The highest BCUT2D eigenvalue weighted by Gasteiger charge is 2.18. The van der Waals surface area contributed by atoms with Crippen LogP contribution in [0.4, 0.5) is 5.69 Å². The fourth-order valence-electron chi connectivity index (χ4n) is 3.63. The Bertz CT molecular complexity index is 1030. The Kier molecular flexibility index (Phi) is 5.61. The Morgan fingerprint density at radius 2 is 1.66 bits per heavy atom.